The summed E-state index contributed by atoms with van der Waals surface area (Å²) in [5, 5.41) is 12.3. The standard InChI is InChI=1S/C27H26F4N2O6/c1-4-14(9-20(34)25-13(2)15-7-5-6-8-19(15)33(25)3)27(38)32-18(11-22(36)37)21(35)12-39-26-23(30)16(28)10-17(29)24(26)31/h5-8,10,14,18H,4,9,11-12H2,1-3H3,(H,32,38)(H,36,37). The summed E-state index contributed by atoms with van der Waals surface area (Å²) in [5.74, 6) is -13.5. The van der Waals surface area contributed by atoms with Gasteiger partial charge in [-0.2, -0.15) is 8.78 Å². The summed E-state index contributed by atoms with van der Waals surface area (Å²) in [6.45, 7) is 2.22. The van der Waals surface area contributed by atoms with Crippen molar-refractivity contribution in [1.82, 2.24) is 9.88 Å². The van der Waals surface area contributed by atoms with E-state index in [9.17, 15) is 41.8 Å². The minimum Gasteiger partial charge on any atom is -0.481 e. The third kappa shape index (κ3) is 6.27. The van der Waals surface area contributed by atoms with Gasteiger partial charge in [0.15, 0.2) is 29.0 Å². The van der Waals surface area contributed by atoms with Crippen LogP contribution in [0.3, 0.4) is 0 Å². The Labute approximate surface area is 220 Å². The molecule has 12 heteroatoms. The number of ether oxygens (including phenoxy) is 1. The first-order valence-corrected chi connectivity index (χ1v) is 11.9. The van der Waals surface area contributed by atoms with Crippen molar-refractivity contribution < 1.29 is 46.6 Å². The average Bonchev–Trinajstić information content (AvgIpc) is 3.14. The number of fused-ring (bicyclic) bond motifs is 1. The summed E-state index contributed by atoms with van der Waals surface area (Å²) in [5.41, 5.74) is 1.96. The molecule has 2 atom stereocenters. The first kappa shape index (κ1) is 29.3. The summed E-state index contributed by atoms with van der Waals surface area (Å²) in [6, 6.07) is 5.63. The van der Waals surface area contributed by atoms with Gasteiger partial charge < -0.3 is 19.7 Å². The van der Waals surface area contributed by atoms with E-state index in [1.807, 2.05) is 24.3 Å². The number of carbonyl (C=O) groups excluding carboxylic acids is 3. The number of ketones is 2. The molecule has 1 aromatic heterocycles. The van der Waals surface area contributed by atoms with E-state index in [0.29, 0.717) is 5.69 Å². The number of nitrogens with zero attached hydrogens (tertiary/aromatic N) is 1. The van der Waals surface area contributed by atoms with E-state index < -0.39 is 71.7 Å². The Bertz CT molecular complexity index is 1390. The number of benzene rings is 2. The number of Topliss-reactive ketones (excluding diaryl/α,β-unsaturated/α-hetero) is 2. The molecule has 1 heterocycles. The number of para-hydroxylation sites is 1. The lowest BCUT2D eigenvalue weighted by Crippen LogP contribution is -2.46. The highest BCUT2D eigenvalue weighted by Gasteiger charge is 2.30. The van der Waals surface area contributed by atoms with Crippen molar-refractivity contribution in [2.24, 2.45) is 13.0 Å². The number of hydrogen-bond donors (Lipinski definition) is 2. The quantitative estimate of drug-likeness (QED) is 0.198. The number of aliphatic carboxylic acids is 1. The van der Waals surface area contributed by atoms with E-state index in [4.69, 9.17) is 0 Å². The number of halogens is 4. The molecule has 2 N–H and O–H groups in total. The van der Waals surface area contributed by atoms with Crippen molar-refractivity contribution in [2.45, 2.75) is 39.2 Å². The molecule has 39 heavy (non-hydrogen) atoms. The second-order valence-corrected chi connectivity index (χ2v) is 8.99. The number of carboxylic acids is 1. The van der Waals surface area contributed by atoms with Crippen LogP contribution in [0.15, 0.2) is 30.3 Å². The van der Waals surface area contributed by atoms with Crippen LogP contribution >= 0.6 is 0 Å². The minimum atomic E-state index is -1.88. The molecule has 0 aliphatic carbocycles. The van der Waals surface area contributed by atoms with E-state index in [2.05, 4.69) is 10.1 Å². The first-order valence-electron chi connectivity index (χ1n) is 11.9. The molecular weight excluding hydrogens is 524 g/mol. The van der Waals surface area contributed by atoms with E-state index in [1.54, 1.807) is 25.5 Å². The summed E-state index contributed by atoms with van der Waals surface area (Å²) in [6.07, 6.45) is -0.982. The number of amides is 1. The van der Waals surface area contributed by atoms with Crippen molar-refractivity contribution in [1.29, 1.82) is 0 Å². The zero-order chi connectivity index (χ0) is 29.0. The van der Waals surface area contributed by atoms with Crippen LogP contribution in [0.4, 0.5) is 17.6 Å². The molecule has 208 valence electrons. The predicted octanol–water partition coefficient (Wildman–Crippen LogP) is 4.25. The van der Waals surface area contributed by atoms with Gasteiger partial charge in [0.1, 0.15) is 12.6 Å². The van der Waals surface area contributed by atoms with Gasteiger partial charge in [-0.3, -0.25) is 19.2 Å². The first-order chi connectivity index (χ1) is 18.4. The van der Waals surface area contributed by atoms with Crippen LogP contribution in [-0.4, -0.2) is 45.8 Å². The van der Waals surface area contributed by atoms with Gasteiger partial charge in [0.25, 0.3) is 0 Å². The Kier molecular flexibility index (Phi) is 9.10. The molecule has 0 aliphatic heterocycles. The molecule has 3 aromatic rings. The maximum Gasteiger partial charge on any atom is 0.305 e. The van der Waals surface area contributed by atoms with Crippen LogP contribution in [0.2, 0.25) is 0 Å². The van der Waals surface area contributed by atoms with Crippen molar-refractivity contribution in [2.75, 3.05) is 6.61 Å². The van der Waals surface area contributed by atoms with Crippen LogP contribution < -0.4 is 10.1 Å². The zero-order valence-electron chi connectivity index (χ0n) is 21.3. The van der Waals surface area contributed by atoms with Crippen LogP contribution in [0.25, 0.3) is 10.9 Å². The lowest BCUT2D eigenvalue weighted by Gasteiger charge is -2.20. The van der Waals surface area contributed by atoms with Gasteiger partial charge in [0.2, 0.25) is 17.5 Å². The van der Waals surface area contributed by atoms with E-state index in [1.165, 1.54) is 0 Å². The highest BCUT2D eigenvalue weighted by molar-refractivity contribution is 6.04. The van der Waals surface area contributed by atoms with Gasteiger partial charge in [-0.05, 0) is 25.0 Å². The van der Waals surface area contributed by atoms with Gasteiger partial charge in [-0.1, -0.05) is 25.1 Å². The van der Waals surface area contributed by atoms with Crippen LogP contribution in [-0.2, 0) is 21.4 Å². The van der Waals surface area contributed by atoms with Gasteiger partial charge in [-0.15, -0.1) is 0 Å². The molecule has 0 spiro atoms. The highest BCUT2D eigenvalue weighted by Crippen LogP contribution is 2.28. The number of nitrogens with one attached hydrogen (secondary N) is 1. The number of hydrogen-bond acceptors (Lipinski definition) is 5. The molecule has 0 saturated carbocycles. The predicted molar refractivity (Wildman–Crippen MR) is 131 cm³/mol. The maximum atomic E-state index is 13.8. The van der Waals surface area contributed by atoms with Crippen LogP contribution in [0.5, 0.6) is 5.75 Å². The van der Waals surface area contributed by atoms with Crippen molar-refractivity contribution in [3.05, 3.63) is 64.9 Å². The zero-order valence-corrected chi connectivity index (χ0v) is 21.3. The maximum absolute atomic E-state index is 13.8. The average molecular weight is 551 g/mol. The monoisotopic (exact) mass is 550 g/mol. The van der Waals surface area contributed by atoms with E-state index >= 15 is 0 Å². The number of aryl methyl sites for hydroxylation is 2. The number of carboxylic acid groups (broad SMARTS) is 1. The Morgan fingerprint density at radius 2 is 1.64 bits per heavy atom. The summed E-state index contributed by atoms with van der Waals surface area (Å²) in [4.78, 5) is 50.1. The van der Waals surface area contributed by atoms with Gasteiger partial charge in [0, 0.05) is 36.4 Å². The van der Waals surface area contributed by atoms with Crippen LogP contribution in [0.1, 0.15) is 42.2 Å². The summed E-state index contributed by atoms with van der Waals surface area (Å²) < 4.78 is 60.8. The second kappa shape index (κ2) is 12.1. The number of carbonyl (C=O) groups is 4. The normalized spacial score (nSPS) is 12.7. The fraction of sp³-hybridized carbons (Fsp3) is 0.333. The molecule has 1 amide bonds. The van der Waals surface area contributed by atoms with Crippen molar-refractivity contribution in [3.8, 4) is 5.75 Å². The molecule has 0 radical (unpaired) electrons. The molecular formula is C27H26F4N2O6. The number of aromatic nitrogens is 1. The fourth-order valence-electron chi connectivity index (χ4n) is 4.35. The third-order valence-corrected chi connectivity index (χ3v) is 6.43. The smallest absolute Gasteiger partial charge is 0.305 e. The molecule has 0 aliphatic rings. The van der Waals surface area contributed by atoms with Crippen molar-refractivity contribution >= 4 is 34.3 Å². The van der Waals surface area contributed by atoms with Gasteiger partial charge >= 0.3 is 5.97 Å². The molecule has 2 unspecified atom stereocenters. The third-order valence-electron chi connectivity index (χ3n) is 6.43. The molecule has 2 aromatic carbocycles. The Morgan fingerprint density at radius 3 is 2.21 bits per heavy atom. The van der Waals surface area contributed by atoms with Gasteiger partial charge in [0.05, 0.1) is 12.1 Å². The molecule has 0 saturated heterocycles. The van der Waals surface area contributed by atoms with Crippen LogP contribution in [0, 0.1) is 36.1 Å². The molecule has 3 rings (SSSR count). The highest BCUT2D eigenvalue weighted by atomic mass is 19.2. The summed E-state index contributed by atoms with van der Waals surface area (Å²) in [7, 11) is 1.72. The fourth-order valence-corrected chi connectivity index (χ4v) is 4.35. The lowest BCUT2D eigenvalue weighted by atomic mass is 9.95. The molecule has 8 nitrogen and oxygen atoms in total. The SMILES string of the molecule is CCC(CC(=O)c1c(C)c2ccccc2n1C)C(=O)NC(CC(=O)O)C(=O)COc1c(F)c(F)cc(F)c1F. The van der Waals surface area contributed by atoms with E-state index in [-0.39, 0.29) is 24.7 Å². The molecule has 0 bridgehead atoms. The second-order valence-electron chi connectivity index (χ2n) is 8.99. The Balaban J connectivity index is 1.75. The Hall–Kier alpha value is -4.22. The topological polar surface area (TPSA) is 115 Å². The van der Waals surface area contributed by atoms with Gasteiger partial charge in [-0.25, -0.2) is 8.78 Å². The Morgan fingerprint density at radius 1 is 1.03 bits per heavy atom. The lowest BCUT2D eigenvalue weighted by molar-refractivity contribution is -0.140. The van der Waals surface area contributed by atoms with Crippen molar-refractivity contribution in [3.63, 3.8) is 0 Å². The minimum absolute atomic E-state index is 0.0431. The van der Waals surface area contributed by atoms with E-state index in [0.717, 1.165) is 16.5 Å². The molecule has 0 fully saturated rings. The number of rotatable bonds is 12. The summed E-state index contributed by atoms with van der Waals surface area (Å²) >= 11 is 0. The largest absolute Gasteiger partial charge is 0.481 e.